The average molecular weight is 484 g/mol. The molecular formula is C20H29N5O5S2. The lowest BCUT2D eigenvalue weighted by Crippen LogP contribution is -2.40. The van der Waals surface area contributed by atoms with Crippen LogP contribution in [0.1, 0.15) is 41.9 Å². The van der Waals surface area contributed by atoms with Crippen LogP contribution in [0, 0.1) is 6.92 Å². The maximum absolute atomic E-state index is 12.9. The van der Waals surface area contributed by atoms with E-state index in [9.17, 15) is 13.2 Å². The molecule has 10 nitrogen and oxygen atoms in total. The van der Waals surface area contributed by atoms with E-state index in [2.05, 4.69) is 20.0 Å². The van der Waals surface area contributed by atoms with Gasteiger partial charge in [0, 0.05) is 37.6 Å². The number of thiophene rings is 1. The summed E-state index contributed by atoms with van der Waals surface area (Å²) < 4.78 is 38.5. The van der Waals surface area contributed by atoms with E-state index in [0.29, 0.717) is 18.7 Å². The molecule has 0 unspecified atom stereocenters. The number of carbonyl (C=O) groups excluding carboxylic acids is 1. The zero-order chi connectivity index (χ0) is 23.5. The van der Waals surface area contributed by atoms with Crippen molar-refractivity contribution in [3.63, 3.8) is 0 Å². The number of hydrogen-bond donors (Lipinski definition) is 2. The van der Waals surface area contributed by atoms with Crippen molar-refractivity contribution in [2.75, 3.05) is 38.5 Å². The van der Waals surface area contributed by atoms with Crippen molar-refractivity contribution in [1.82, 2.24) is 14.7 Å². The quantitative estimate of drug-likeness (QED) is 0.545. The van der Waals surface area contributed by atoms with Gasteiger partial charge in [0.15, 0.2) is 9.96 Å². The first-order chi connectivity index (χ1) is 15.1. The van der Waals surface area contributed by atoms with Crippen molar-refractivity contribution in [3.05, 3.63) is 22.8 Å². The normalized spacial score (nSPS) is 18.8. The van der Waals surface area contributed by atoms with Crippen LogP contribution >= 0.6 is 11.3 Å². The zero-order valence-corrected chi connectivity index (χ0v) is 20.5. The Bertz CT molecular complexity index is 1060. The molecular weight excluding hydrogens is 454 g/mol. The van der Waals surface area contributed by atoms with Gasteiger partial charge in [-0.05, 0) is 32.6 Å². The number of aryl methyl sites for hydroxylation is 1. The third-order valence-corrected chi connectivity index (χ3v) is 8.27. The Morgan fingerprint density at radius 2 is 1.81 bits per heavy atom. The van der Waals surface area contributed by atoms with Gasteiger partial charge >= 0.3 is 5.97 Å². The second kappa shape index (κ2) is 10.0. The number of nitrogens with zero attached hydrogens (tertiary/aromatic N) is 3. The summed E-state index contributed by atoms with van der Waals surface area (Å²) >= 11 is 0.940. The van der Waals surface area contributed by atoms with Gasteiger partial charge in [-0.1, -0.05) is 0 Å². The van der Waals surface area contributed by atoms with Crippen LogP contribution in [0.3, 0.4) is 0 Å². The van der Waals surface area contributed by atoms with E-state index in [0.717, 1.165) is 35.8 Å². The van der Waals surface area contributed by atoms with Crippen molar-refractivity contribution in [1.29, 1.82) is 0 Å². The second-order valence-electron chi connectivity index (χ2n) is 7.83. The highest BCUT2D eigenvalue weighted by Crippen LogP contribution is 2.35. The number of esters is 1. The van der Waals surface area contributed by atoms with Crippen LogP contribution < -0.4 is 19.7 Å². The lowest BCUT2D eigenvalue weighted by Gasteiger charge is -2.30. The minimum absolute atomic E-state index is 0.0144. The Morgan fingerprint density at radius 1 is 1.16 bits per heavy atom. The SMILES string of the molecule is COC(=O)c1csc(S(=O)(=O)NC2CCC(Nc3cc(N(C)C)nc(C)n3)CC2)c1OC. The summed E-state index contributed by atoms with van der Waals surface area (Å²) in [7, 11) is 2.60. The lowest BCUT2D eigenvalue weighted by atomic mass is 9.92. The van der Waals surface area contributed by atoms with Gasteiger partial charge < -0.3 is 19.7 Å². The molecule has 0 bridgehead atoms. The maximum atomic E-state index is 12.9. The van der Waals surface area contributed by atoms with Crippen molar-refractivity contribution in [2.24, 2.45) is 0 Å². The number of ether oxygens (including phenoxy) is 2. The first-order valence-corrected chi connectivity index (χ1v) is 12.6. The van der Waals surface area contributed by atoms with E-state index in [-0.39, 0.29) is 27.6 Å². The molecule has 0 spiro atoms. The van der Waals surface area contributed by atoms with Crippen LogP contribution in [0.25, 0.3) is 0 Å². The van der Waals surface area contributed by atoms with Crippen LogP contribution in [0.15, 0.2) is 15.7 Å². The number of nitrogens with one attached hydrogen (secondary N) is 2. The minimum Gasteiger partial charge on any atom is -0.494 e. The Hall–Kier alpha value is -2.44. The van der Waals surface area contributed by atoms with Gasteiger partial charge in [-0.25, -0.2) is 27.9 Å². The van der Waals surface area contributed by atoms with Gasteiger partial charge in [0.2, 0.25) is 0 Å². The maximum Gasteiger partial charge on any atom is 0.342 e. The molecule has 2 heterocycles. The average Bonchev–Trinajstić information content (AvgIpc) is 3.19. The molecule has 2 N–H and O–H groups in total. The summed E-state index contributed by atoms with van der Waals surface area (Å²) in [5, 5.41) is 4.88. The molecule has 0 amide bonds. The predicted molar refractivity (Wildman–Crippen MR) is 123 cm³/mol. The highest BCUT2D eigenvalue weighted by molar-refractivity contribution is 7.91. The molecule has 0 atom stereocenters. The summed E-state index contributed by atoms with van der Waals surface area (Å²) in [6, 6.07) is 1.90. The molecule has 0 radical (unpaired) electrons. The summed E-state index contributed by atoms with van der Waals surface area (Å²) in [4.78, 5) is 22.6. The van der Waals surface area contributed by atoms with Crippen LogP contribution in [-0.4, -0.2) is 64.8 Å². The standard InChI is InChI=1S/C20H29N5O5S2/c1-12-21-16(10-17(22-12)25(2)3)23-13-6-8-14(9-7-13)24-32(27,28)20-18(29-4)15(11-31-20)19(26)30-5/h10-11,13-14,24H,6-9H2,1-5H3,(H,21,22,23). The summed E-state index contributed by atoms with van der Waals surface area (Å²) in [6.45, 7) is 1.86. The van der Waals surface area contributed by atoms with Crippen molar-refractivity contribution < 1.29 is 22.7 Å². The Labute approximate surface area is 192 Å². The molecule has 0 saturated heterocycles. The summed E-state index contributed by atoms with van der Waals surface area (Å²) in [5.74, 6) is 1.67. The highest BCUT2D eigenvalue weighted by atomic mass is 32.2. The fourth-order valence-corrected chi connectivity index (χ4v) is 6.39. The molecule has 32 heavy (non-hydrogen) atoms. The number of hydrogen-bond acceptors (Lipinski definition) is 10. The smallest absolute Gasteiger partial charge is 0.342 e. The molecule has 2 aromatic heterocycles. The van der Waals surface area contributed by atoms with Gasteiger partial charge in [-0.2, -0.15) is 0 Å². The minimum atomic E-state index is -3.83. The molecule has 1 aliphatic carbocycles. The molecule has 2 aromatic rings. The number of aromatic nitrogens is 2. The molecule has 1 saturated carbocycles. The lowest BCUT2D eigenvalue weighted by molar-refractivity contribution is 0.0597. The van der Waals surface area contributed by atoms with E-state index in [1.54, 1.807) is 0 Å². The molecule has 1 aliphatic rings. The van der Waals surface area contributed by atoms with E-state index in [4.69, 9.17) is 9.47 Å². The van der Waals surface area contributed by atoms with Gasteiger partial charge in [0.1, 0.15) is 23.0 Å². The number of carbonyl (C=O) groups is 1. The second-order valence-corrected chi connectivity index (χ2v) is 10.6. The molecule has 12 heteroatoms. The van der Waals surface area contributed by atoms with Gasteiger partial charge in [0.05, 0.1) is 14.2 Å². The van der Waals surface area contributed by atoms with Crippen LogP contribution in [0.5, 0.6) is 5.75 Å². The van der Waals surface area contributed by atoms with Gasteiger partial charge in [0.25, 0.3) is 10.0 Å². The van der Waals surface area contributed by atoms with E-state index in [1.165, 1.54) is 19.6 Å². The highest BCUT2D eigenvalue weighted by Gasteiger charge is 2.31. The van der Waals surface area contributed by atoms with E-state index in [1.807, 2.05) is 32.0 Å². The third-order valence-electron chi connectivity index (χ3n) is 5.25. The number of anilines is 2. The fraction of sp³-hybridized carbons (Fsp3) is 0.550. The van der Waals surface area contributed by atoms with Gasteiger partial charge in [-0.15, -0.1) is 11.3 Å². The zero-order valence-electron chi connectivity index (χ0n) is 18.8. The molecule has 176 valence electrons. The predicted octanol–water partition coefficient (Wildman–Crippen LogP) is 2.41. The van der Waals surface area contributed by atoms with Crippen molar-refractivity contribution >= 4 is 39.0 Å². The first-order valence-electron chi connectivity index (χ1n) is 10.2. The van der Waals surface area contributed by atoms with Crippen molar-refractivity contribution in [2.45, 2.75) is 48.9 Å². The largest absolute Gasteiger partial charge is 0.494 e. The van der Waals surface area contributed by atoms with Crippen LogP contribution in [0.2, 0.25) is 0 Å². The Morgan fingerprint density at radius 3 is 2.41 bits per heavy atom. The molecule has 3 rings (SSSR count). The Kier molecular flexibility index (Phi) is 7.57. The molecule has 0 aromatic carbocycles. The van der Waals surface area contributed by atoms with E-state index >= 15 is 0 Å². The summed E-state index contributed by atoms with van der Waals surface area (Å²) in [5.41, 5.74) is 0.102. The topological polar surface area (TPSA) is 123 Å². The number of methoxy groups -OCH3 is 2. The number of rotatable bonds is 8. The first kappa shape index (κ1) is 24.2. The van der Waals surface area contributed by atoms with E-state index < -0.39 is 16.0 Å². The molecule has 1 fully saturated rings. The van der Waals surface area contributed by atoms with Gasteiger partial charge in [-0.3, -0.25) is 0 Å². The third kappa shape index (κ3) is 5.48. The Balaban J connectivity index is 1.63. The fourth-order valence-electron chi connectivity index (χ4n) is 3.65. The summed E-state index contributed by atoms with van der Waals surface area (Å²) in [6.07, 6.45) is 2.95. The monoisotopic (exact) mass is 483 g/mol. The number of sulfonamides is 1. The van der Waals surface area contributed by atoms with Crippen LogP contribution in [0.4, 0.5) is 11.6 Å². The van der Waals surface area contributed by atoms with Crippen molar-refractivity contribution in [3.8, 4) is 5.75 Å². The van der Waals surface area contributed by atoms with Crippen LogP contribution in [-0.2, 0) is 14.8 Å². The molecule has 0 aliphatic heterocycles.